The van der Waals surface area contributed by atoms with Crippen molar-refractivity contribution >= 4 is 53.6 Å². The van der Waals surface area contributed by atoms with E-state index in [0.29, 0.717) is 81.1 Å². The smallest absolute Gasteiger partial charge is 0.317 e. The molecule has 3 aromatic rings. The van der Waals surface area contributed by atoms with Crippen molar-refractivity contribution in [3.8, 4) is 0 Å². The Morgan fingerprint density at radius 1 is 0.844 bits per heavy atom. The number of aromatic nitrogens is 1. The molecule has 0 spiro atoms. The Kier molecular flexibility index (Phi) is 16.5. The third-order valence-electron chi connectivity index (χ3n) is 7.33. The molecule has 1 saturated heterocycles. The van der Waals surface area contributed by atoms with E-state index in [1.54, 1.807) is 6.07 Å². The summed E-state index contributed by atoms with van der Waals surface area (Å²) in [5.74, 6) is -1.87. The van der Waals surface area contributed by atoms with Gasteiger partial charge in [-0.1, -0.05) is 12.1 Å². The first-order valence-electron chi connectivity index (χ1n) is 14.1. The standard InChI is InChI=1S/C28H38N6O7S2.Eu.H2O/c1-43(40,41)29-8-9-31-10-12-33(19-25(35)36)16-14-32(15-17-34(13-11-31)20-26(37)38)18-21-6-7-23-27(39)22-4-2-3-5-24(22)42-28(23)30-21;;/h2-7,29H,8-20H2,1H3,(H,35,36)(H,37,38);;1H2. The van der Waals surface area contributed by atoms with Crippen LogP contribution in [0.2, 0.25) is 0 Å². The predicted molar refractivity (Wildman–Crippen MR) is 170 cm³/mol. The minimum absolute atomic E-state index is 0. The summed E-state index contributed by atoms with van der Waals surface area (Å²) in [5, 5.41) is 20.3. The third-order valence-corrected chi connectivity index (χ3v) is 9.14. The summed E-state index contributed by atoms with van der Waals surface area (Å²) in [4.78, 5) is 49.6. The fourth-order valence-corrected chi connectivity index (χ4v) is 6.61. The number of hydrogen-bond acceptors (Lipinski definition) is 11. The molecule has 3 heterocycles. The van der Waals surface area contributed by atoms with Crippen molar-refractivity contribution < 1.29 is 83.1 Å². The zero-order chi connectivity index (χ0) is 31.0. The maximum absolute atomic E-state index is 13.0. The number of nitrogens with zero attached hydrogens (tertiary/aromatic N) is 5. The van der Waals surface area contributed by atoms with Gasteiger partial charge in [0.25, 0.3) is 0 Å². The number of rotatable bonds is 10. The van der Waals surface area contributed by atoms with Crippen molar-refractivity contribution in [3.63, 3.8) is 0 Å². The Labute approximate surface area is 306 Å². The number of carbonyl (C=O) groups is 2. The molecule has 0 unspecified atom stereocenters. The second-order valence-corrected chi connectivity index (χ2v) is 13.6. The van der Waals surface area contributed by atoms with Crippen molar-refractivity contribution in [1.29, 1.82) is 0 Å². The van der Waals surface area contributed by atoms with Gasteiger partial charge in [0.15, 0.2) is 5.43 Å². The molecule has 0 atom stereocenters. The van der Waals surface area contributed by atoms with Crippen LogP contribution >= 0.6 is 11.3 Å². The maximum Gasteiger partial charge on any atom is 0.317 e. The molecule has 1 radical (unpaired) electrons. The van der Waals surface area contributed by atoms with Gasteiger partial charge >= 0.3 is 11.9 Å². The molecule has 4 rings (SSSR count). The van der Waals surface area contributed by atoms with Gasteiger partial charge in [-0.3, -0.25) is 34.0 Å². The quantitative estimate of drug-likeness (QED) is 0.221. The summed E-state index contributed by atoms with van der Waals surface area (Å²) in [5.41, 5.74) is 0.717. The summed E-state index contributed by atoms with van der Waals surface area (Å²) in [6, 6.07) is 11.1. The second kappa shape index (κ2) is 18.7. The molecule has 1 fully saturated rings. The number of benzene rings is 1. The summed E-state index contributed by atoms with van der Waals surface area (Å²) >= 11 is 1.46. The topological polar surface area (TPSA) is 195 Å². The Hall–Kier alpha value is -1.51. The molecule has 0 aliphatic carbocycles. The van der Waals surface area contributed by atoms with E-state index in [-0.39, 0.29) is 79.9 Å². The van der Waals surface area contributed by atoms with E-state index in [2.05, 4.69) is 9.62 Å². The predicted octanol–water partition coefficient (Wildman–Crippen LogP) is -0.575. The molecule has 1 aliphatic rings. The number of carboxylic acid groups (broad SMARTS) is 2. The zero-order valence-electron chi connectivity index (χ0n) is 25.0. The Morgan fingerprint density at radius 2 is 1.38 bits per heavy atom. The molecule has 2 aromatic heterocycles. The minimum atomic E-state index is -3.35. The molecular formula is C28H40EuN6O8S2. The molecule has 5 N–H and O–H groups in total. The monoisotopic (exact) mass is 805 g/mol. The van der Waals surface area contributed by atoms with Crippen LogP contribution in [-0.2, 0) is 26.2 Å². The van der Waals surface area contributed by atoms with Gasteiger partial charge in [-0.25, -0.2) is 18.1 Å². The summed E-state index contributed by atoms with van der Waals surface area (Å²) in [6.07, 6.45) is 1.09. The number of fused-ring (bicyclic) bond motifs is 2. The van der Waals surface area contributed by atoms with Crippen LogP contribution in [-0.4, -0.2) is 145 Å². The zero-order valence-corrected chi connectivity index (χ0v) is 29.1. The van der Waals surface area contributed by atoms with Crippen molar-refractivity contribution in [1.82, 2.24) is 29.3 Å². The SMILES string of the molecule is CS(=O)(=O)NCCN1CCN(CC(=O)O)CCN(Cc2ccc3c(=O)c4ccccc4sc3n2)CCN(CC(=O)O)CC1.O.[Eu]. The van der Waals surface area contributed by atoms with Gasteiger partial charge in [-0.2, -0.15) is 0 Å². The van der Waals surface area contributed by atoms with Gasteiger partial charge in [0.1, 0.15) is 4.83 Å². The van der Waals surface area contributed by atoms with E-state index in [9.17, 15) is 33.0 Å². The van der Waals surface area contributed by atoms with Crippen LogP contribution < -0.4 is 10.2 Å². The Balaban J connectivity index is 0.00000353. The second-order valence-electron chi connectivity index (χ2n) is 10.7. The van der Waals surface area contributed by atoms with Crippen LogP contribution in [0.3, 0.4) is 0 Å². The van der Waals surface area contributed by atoms with Gasteiger partial charge in [0.2, 0.25) is 10.0 Å². The largest absolute Gasteiger partial charge is 0.480 e. The molecule has 0 saturated carbocycles. The number of aliphatic carboxylic acids is 2. The number of hydrogen-bond donors (Lipinski definition) is 3. The minimum Gasteiger partial charge on any atom is -0.480 e. The van der Waals surface area contributed by atoms with Crippen molar-refractivity contribution in [2.45, 2.75) is 6.54 Å². The third kappa shape index (κ3) is 12.9. The van der Waals surface area contributed by atoms with Crippen LogP contribution in [0.15, 0.2) is 41.2 Å². The van der Waals surface area contributed by atoms with E-state index in [1.165, 1.54) is 11.3 Å². The Morgan fingerprint density at radius 3 is 1.93 bits per heavy atom. The van der Waals surface area contributed by atoms with Gasteiger partial charge < -0.3 is 15.7 Å². The van der Waals surface area contributed by atoms with Crippen LogP contribution in [0, 0.1) is 49.4 Å². The molecule has 249 valence electrons. The fraction of sp³-hybridized carbons (Fsp3) is 0.500. The summed E-state index contributed by atoms with van der Waals surface area (Å²) in [6.45, 7) is 4.68. The van der Waals surface area contributed by atoms with Crippen LogP contribution in [0.4, 0.5) is 0 Å². The first-order chi connectivity index (χ1) is 20.5. The van der Waals surface area contributed by atoms with Crippen LogP contribution in [0.1, 0.15) is 5.69 Å². The molecule has 45 heavy (non-hydrogen) atoms. The average Bonchev–Trinajstić information content (AvgIpc) is 2.93. The first-order valence-corrected chi connectivity index (χ1v) is 16.8. The van der Waals surface area contributed by atoms with E-state index < -0.39 is 22.0 Å². The Bertz CT molecular complexity index is 1580. The number of nitrogens with one attached hydrogen (secondary N) is 1. The summed E-state index contributed by atoms with van der Waals surface area (Å²) in [7, 11) is -3.35. The van der Waals surface area contributed by atoms with E-state index in [0.717, 1.165) is 16.6 Å². The molecule has 1 aromatic carbocycles. The summed E-state index contributed by atoms with van der Waals surface area (Å²) < 4.78 is 26.4. The average molecular weight is 805 g/mol. The molecule has 0 bridgehead atoms. The van der Waals surface area contributed by atoms with Crippen LogP contribution in [0.25, 0.3) is 20.3 Å². The van der Waals surface area contributed by atoms with Gasteiger partial charge in [-0.15, -0.1) is 11.3 Å². The first kappa shape index (κ1) is 39.7. The van der Waals surface area contributed by atoms with Crippen molar-refractivity contribution in [3.05, 3.63) is 52.3 Å². The van der Waals surface area contributed by atoms with Crippen molar-refractivity contribution in [2.24, 2.45) is 0 Å². The number of carboxylic acids is 2. The molecular weight excluding hydrogens is 764 g/mol. The van der Waals surface area contributed by atoms with Crippen LogP contribution in [0.5, 0.6) is 0 Å². The van der Waals surface area contributed by atoms with Crippen molar-refractivity contribution in [2.75, 3.05) is 84.8 Å². The van der Waals surface area contributed by atoms with E-state index >= 15 is 0 Å². The van der Waals surface area contributed by atoms with Gasteiger partial charge in [-0.05, 0) is 24.3 Å². The fourth-order valence-electron chi connectivity index (χ4n) is 5.09. The van der Waals surface area contributed by atoms with Gasteiger partial charge in [0.05, 0.1) is 30.4 Å². The maximum atomic E-state index is 13.0. The number of pyridine rings is 1. The molecule has 17 heteroatoms. The number of sulfonamides is 1. The normalized spacial score (nSPS) is 16.7. The van der Waals surface area contributed by atoms with E-state index in [1.807, 2.05) is 45.0 Å². The molecule has 1 aliphatic heterocycles. The molecule has 14 nitrogen and oxygen atoms in total. The van der Waals surface area contributed by atoms with E-state index in [4.69, 9.17) is 4.98 Å². The van der Waals surface area contributed by atoms with Gasteiger partial charge in [0, 0.05) is 131 Å². The molecule has 0 amide bonds.